The van der Waals surface area contributed by atoms with Gasteiger partial charge in [-0.3, -0.25) is 4.79 Å². The van der Waals surface area contributed by atoms with Crippen LogP contribution in [0.15, 0.2) is 47.1 Å². The van der Waals surface area contributed by atoms with Gasteiger partial charge in [0.25, 0.3) is 0 Å². The van der Waals surface area contributed by atoms with Crippen molar-refractivity contribution in [2.45, 2.75) is 38.8 Å². The molecule has 5 nitrogen and oxygen atoms in total. The van der Waals surface area contributed by atoms with Crippen LogP contribution in [-0.4, -0.2) is 30.4 Å². The third kappa shape index (κ3) is 6.40. The first-order valence-electron chi connectivity index (χ1n) is 9.49. The van der Waals surface area contributed by atoms with Crippen molar-refractivity contribution in [3.63, 3.8) is 0 Å². The van der Waals surface area contributed by atoms with Crippen molar-refractivity contribution in [1.29, 1.82) is 0 Å². The normalized spacial score (nSPS) is 11.8. The predicted octanol–water partition coefficient (Wildman–Crippen LogP) is 5.95. The molecule has 0 bridgehead atoms. The summed E-state index contributed by atoms with van der Waals surface area (Å²) in [6.07, 6.45) is 2.16. The fourth-order valence-corrected chi connectivity index (χ4v) is 4.34. The summed E-state index contributed by atoms with van der Waals surface area (Å²) in [5.41, 5.74) is 2.28. The van der Waals surface area contributed by atoms with E-state index in [4.69, 9.17) is 16.3 Å². The van der Waals surface area contributed by atoms with Gasteiger partial charge in [-0.25, -0.2) is 4.68 Å². The van der Waals surface area contributed by atoms with Crippen LogP contribution >= 0.6 is 27.5 Å². The van der Waals surface area contributed by atoms with Crippen LogP contribution in [-0.2, 0) is 22.7 Å². The van der Waals surface area contributed by atoms with Crippen LogP contribution in [0.2, 0.25) is 30.7 Å². The average molecular weight is 495 g/mol. The molecule has 1 N–H and O–H groups in total. The lowest BCUT2D eigenvalue weighted by molar-refractivity contribution is -0.115. The van der Waals surface area contributed by atoms with Crippen LogP contribution < -0.4 is 5.32 Å². The third-order valence-electron chi connectivity index (χ3n) is 4.43. The van der Waals surface area contributed by atoms with Crippen molar-refractivity contribution in [2.24, 2.45) is 0 Å². The number of rotatable bonds is 8. The molecule has 3 rings (SSSR count). The first kappa shape index (κ1) is 22.0. The molecule has 0 fully saturated rings. The van der Waals surface area contributed by atoms with Crippen LogP contribution in [0, 0.1) is 0 Å². The number of amides is 1. The van der Waals surface area contributed by atoms with E-state index in [1.165, 1.54) is 0 Å². The van der Waals surface area contributed by atoms with E-state index in [1.807, 2.05) is 36.5 Å². The SMILES string of the molecule is C[Si](C)(C)CCOCn1cc2c(Br)cc(NC(=O)Cc3ccccc3Cl)cc2n1. The zero-order chi connectivity index (χ0) is 21.0. The summed E-state index contributed by atoms with van der Waals surface area (Å²) in [5.74, 6) is -0.126. The third-order valence-corrected chi connectivity index (χ3v) is 7.16. The number of aromatic nitrogens is 2. The highest BCUT2D eigenvalue weighted by Crippen LogP contribution is 2.28. The summed E-state index contributed by atoms with van der Waals surface area (Å²) in [7, 11) is -1.10. The van der Waals surface area contributed by atoms with Gasteiger partial charge in [0.15, 0.2) is 0 Å². The fraction of sp³-hybridized carbons (Fsp3) is 0.333. The van der Waals surface area contributed by atoms with E-state index in [9.17, 15) is 4.79 Å². The topological polar surface area (TPSA) is 56.1 Å². The van der Waals surface area contributed by atoms with Crippen LogP contribution in [0.5, 0.6) is 0 Å². The quantitative estimate of drug-likeness (QED) is 0.311. The molecule has 0 atom stereocenters. The van der Waals surface area contributed by atoms with Gasteiger partial charge >= 0.3 is 0 Å². The van der Waals surface area contributed by atoms with Gasteiger partial charge in [0, 0.05) is 41.4 Å². The summed E-state index contributed by atoms with van der Waals surface area (Å²) in [5, 5.41) is 9.06. The Labute approximate surface area is 185 Å². The van der Waals surface area contributed by atoms with Gasteiger partial charge in [0.2, 0.25) is 5.91 Å². The molecule has 1 aromatic heterocycles. The maximum Gasteiger partial charge on any atom is 0.228 e. The van der Waals surface area contributed by atoms with Crippen LogP contribution in [0.1, 0.15) is 5.56 Å². The average Bonchev–Trinajstić information content (AvgIpc) is 3.03. The fourth-order valence-electron chi connectivity index (χ4n) is 2.82. The Morgan fingerprint density at radius 3 is 2.76 bits per heavy atom. The molecule has 0 aliphatic rings. The smallest absolute Gasteiger partial charge is 0.228 e. The number of nitrogens with zero attached hydrogens (tertiary/aromatic N) is 2. The summed E-state index contributed by atoms with van der Waals surface area (Å²) >= 11 is 9.72. The summed E-state index contributed by atoms with van der Waals surface area (Å²) in [6.45, 7) is 8.15. The predicted molar refractivity (Wildman–Crippen MR) is 125 cm³/mol. The number of halogens is 2. The van der Waals surface area contributed by atoms with Gasteiger partial charge in [-0.1, -0.05) is 49.4 Å². The van der Waals surface area contributed by atoms with Crippen molar-refractivity contribution in [1.82, 2.24) is 9.78 Å². The number of anilines is 1. The highest BCUT2D eigenvalue weighted by molar-refractivity contribution is 9.10. The lowest BCUT2D eigenvalue weighted by Crippen LogP contribution is -2.22. The van der Waals surface area contributed by atoms with Crippen molar-refractivity contribution in [3.05, 3.63) is 57.7 Å². The summed E-state index contributed by atoms with van der Waals surface area (Å²) in [4.78, 5) is 12.4. The molecule has 1 heterocycles. The standard InChI is InChI=1S/C21H25BrClN3O2Si/c1-29(2,3)9-8-28-14-26-13-17-18(22)11-16(12-20(17)25-26)24-21(27)10-15-6-4-5-7-19(15)23/h4-7,11-13H,8-10,14H2,1-3H3,(H,24,27). The lowest BCUT2D eigenvalue weighted by Gasteiger charge is -2.15. The Hall–Kier alpha value is -1.67. The number of carbonyl (C=O) groups is 1. The maximum atomic E-state index is 12.4. The molecule has 154 valence electrons. The van der Waals surface area contributed by atoms with E-state index in [1.54, 1.807) is 10.7 Å². The van der Waals surface area contributed by atoms with Crippen LogP contribution in [0.3, 0.4) is 0 Å². The number of benzene rings is 2. The number of ether oxygens (including phenoxy) is 1. The number of carbonyl (C=O) groups excluding carboxylic acids is 1. The molecule has 0 aliphatic carbocycles. The zero-order valence-electron chi connectivity index (χ0n) is 16.8. The zero-order valence-corrected chi connectivity index (χ0v) is 20.2. The van der Waals surface area contributed by atoms with Gasteiger partial charge in [-0.05, 0) is 45.7 Å². The minimum Gasteiger partial charge on any atom is -0.360 e. The Bertz CT molecular complexity index is 1020. The molecule has 0 saturated heterocycles. The molecule has 0 saturated carbocycles. The molecular weight excluding hydrogens is 470 g/mol. The lowest BCUT2D eigenvalue weighted by atomic mass is 10.1. The molecule has 29 heavy (non-hydrogen) atoms. The first-order valence-corrected chi connectivity index (χ1v) is 14.4. The number of nitrogens with one attached hydrogen (secondary N) is 1. The second-order valence-electron chi connectivity index (χ2n) is 8.22. The first-order chi connectivity index (χ1) is 13.7. The number of fused-ring (bicyclic) bond motifs is 1. The number of hydrogen-bond acceptors (Lipinski definition) is 3. The van der Waals surface area contributed by atoms with Gasteiger partial charge in [0.1, 0.15) is 6.73 Å². The van der Waals surface area contributed by atoms with Crippen molar-refractivity contribution < 1.29 is 9.53 Å². The van der Waals surface area contributed by atoms with Crippen molar-refractivity contribution in [2.75, 3.05) is 11.9 Å². The molecule has 0 spiro atoms. The molecule has 8 heteroatoms. The second-order valence-corrected chi connectivity index (χ2v) is 15.1. The van der Waals surface area contributed by atoms with E-state index in [2.05, 4.69) is 46.0 Å². The molecule has 0 radical (unpaired) electrons. The highest BCUT2D eigenvalue weighted by atomic mass is 79.9. The van der Waals surface area contributed by atoms with E-state index in [0.717, 1.165) is 33.6 Å². The van der Waals surface area contributed by atoms with Gasteiger partial charge in [-0.2, -0.15) is 5.10 Å². The van der Waals surface area contributed by atoms with E-state index in [-0.39, 0.29) is 12.3 Å². The second kappa shape index (κ2) is 9.43. The van der Waals surface area contributed by atoms with Crippen LogP contribution in [0.4, 0.5) is 5.69 Å². The summed E-state index contributed by atoms with van der Waals surface area (Å²) in [6, 6.07) is 12.2. The minimum absolute atomic E-state index is 0.126. The highest BCUT2D eigenvalue weighted by Gasteiger charge is 2.13. The van der Waals surface area contributed by atoms with Crippen LogP contribution in [0.25, 0.3) is 10.9 Å². The largest absolute Gasteiger partial charge is 0.360 e. The van der Waals surface area contributed by atoms with Gasteiger partial charge in [0.05, 0.1) is 11.9 Å². The Balaban J connectivity index is 1.65. The Morgan fingerprint density at radius 2 is 2.03 bits per heavy atom. The molecule has 0 aliphatic heterocycles. The van der Waals surface area contributed by atoms with Crippen molar-refractivity contribution in [3.8, 4) is 0 Å². The molecule has 3 aromatic rings. The molecule has 2 aromatic carbocycles. The molecular formula is C21H25BrClN3O2Si. The minimum atomic E-state index is -1.10. The Morgan fingerprint density at radius 1 is 1.28 bits per heavy atom. The van der Waals surface area contributed by atoms with Gasteiger partial charge < -0.3 is 10.1 Å². The van der Waals surface area contributed by atoms with Gasteiger partial charge in [-0.15, -0.1) is 0 Å². The summed E-state index contributed by atoms with van der Waals surface area (Å²) < 4.78 is 8.43. The van der Waals surface area contributed by atoms with E-state index in [0.29, 0.717) is 17.4 Å². The van der Waals surface area contributed by atoms with E-state index < -0.39 is 8.07 Å². The maximum absolute atomic E-state index is 12.4. The van der Waals surface area contributed by atoms with E-state index >= 15 is 0 Å². The van der Waals surface area contributed by atoms with Crippen molar-refractivity contribution >= 4 is 58.1 Å². The monoisotopic (exact) mass is 493 g/mol. The number of hydrogen-bond donors (Lipinski definition) is 1. The Kier molecular flexibility index (Phi) is 7.16. The molecule has 1 amide bonds. The molecule has 0 unspecified atom stereocenters.